The third-order valence-electron chi connectivity index (χ3n) is 3.29. The molecule has 0 spiro atoms. The summed E-state index contributed by atoms with van der Waals surface area (Å²) in [6.07, 6.45) is 3.08. The number of rotatable bonds is 5. The molecule has 1 heterocycles. The van der Waals surface area contributed by atoms with Gasteiger partial charge in [0, 0.05) is 17.4 Å². The lowest BCUT2D eigenvalue weighted by atomic mass is 10.2. The van der Waals surface area contributed by atoms with Gasteiger partial charge in [0.25, 0.3) is 0 Å². The van der Waals surface area contributed by atoms with Crippen LogP contribution in [-0.4, -0.2) is 23.6 Å². The molecule has 0 atom stereocenters. The van der Waals surface area contributed by atoms with E-state index in [1.54, 1.807) is 24.4 Å². The average Bonchev–Trinajstić information content (AvgIpc) is 3.28. The van der Waals surface area contributed by atoms with E-state index in [-0.39, 0.29) is 10.5 Å². The van der Waals surface area contributed by atoms with Crippen LogP contribution in [0.1, 0.15) is 18.4 Å². The van der Waals surface area contributed by atoms with E-state index in [9.17, 15) is 8.42 Å². The molecule has 8 heteroatoms. The van der Waals surface area contributed by atoms with Crippen LogP contribution in [0.4, 0.5) is 17.2 Å². The minimum Gasteiger partial charge on any atom is -0.340 e. The molecule has 0 unspecified atom stereocenters. The number of aromatic nitrogens is 2. The van der Waals surface area contributed by atoms with Crippen molar-refractivity contribution in [2.45, 2.75) is 25.0 Å². The first-order valence-electron chi connectivity index (χ1n) is 6.82. The first-order chi connectivity index (χ1) is 10.4. The topological polar surface area (TPSA) is 84.0 Å². The fourth-order valence-corrected chi connectivity index (χ4v) is 3.48. The number of halogens is 1. The summed E-state index contributed by atoms with van der Waals surface area (Å²) in [5, 5.41) is 3.01. The maximum atomic E-state index is 12.0. The molecular formula is C14H15ClN4O2S. The first-order valence-corrected chi connectivity index (χ1v) is 8.74. The molecule has 1 aromatic carbocycles. The second-order valence-corrected chi connectivity index (χ2v) is 7.52. The average molecular weight is 339 g/mol. The van der Waals surface area contributed by atoms with E-state index in [4.69, 9.17) is 11.6 Å². The number of nitrogens with one attached hydrogen (secondary N) is 2. The van der Waals surface area contributed by atoms with Crippen LogP contribution in [0.25, 0.3) is 0 Å². The fraction of sp³-hybridized carbons (Fsp3) is 0.286. The Morgan fingerprint density at radius 3 is 2.73 bits per heavy atom. The Kier molecular flexibility index (Phi) is 3.92. The molecule has 3 rings (SSSR count). The van der Waals surface area contributed by atoms with Crippen LogP contribution in [0.2, 0.25) is 5.28 Å². The number of anilines is 3. The maximum absolute atomic E-state index is 12.0. The van der Waals surface area contributed by atoms with Crippen molar-refractivity contribution in [3.8, 4) is 0 Å². The van der Waals surface area contributed by atoms with Crippen molar-refractivity contribution in [2.75, 3.05) is 10.0 Å². The summed E-state index contributed by atoms with van der Waals surface area (Å²) in [6, 6.07) is 7.02. The minimum atomic E-state index is -3.27. The molecule has 0 saturated heterocycles. The predicted molar refractivity (Wildman–Crippen MR) is 87.1 cm³/mol. The van der Waals surface area contributed by atoms with Crippen molar-refractivity contribution in [3.63, 3.8) is 0 Å². The molecule has 1 aliphatic rings. The van der Waals surface area contributed by atoms with Crippen molar-refractivity contribution in [1.82, 2.24) is 9.97 Å². The summed E-state index contributed by atoms with van der Waals surface area (Å²) in [5.74, 6) is 0.585. The monoisotopic (exact) mass is 338 g/mol. The lowest BCUT2D eigenvalue weighted by Gasteiger charge is -2.11. The zero-order valence-corrected chi connectivity index (χ0v) is 13.4. The molecule has 0 amide bonds. The van der Waals surface area contributed by atoms with Gasteiger partial charge in [-0.1, -0.05) is 6.07 Å². The van der Waals surface area contributed by atoms with Crippen LogP contribution in [0.3, 0.4) is 0 Å². The Balaban J connectivity index is 1.80. The van der Waals surface area contributed by atoms with Crippen molar-refractivity contribution >= 4 is 38.8 Å². The number of sulfonamides is 1. The molecule has 0 radical (unpaired) electrons. The Morgan fingerprint density at radius 2 is 2.00 bits per heavy atom. The second-order valence-electron chi connectivity index (χ2n) is 5.22. The Hall–Kier alpha value is -1.86. The highest BCUT2D eigenvalue weighted by Crippen LogP contribution is 2.30. The second kappa shape index (κ2) is 5.73. The summed E-state index contributed by atoms with van der Waals surface area (Å²) < 4.78 is 26.5. The van der Waals surface area contributed by atoms with Crippen LogP contribution in [0.5, 0.6) is 0 Å². The summed E-state index contributed by atoms with van der Waals surface area (Å²) >= 11 is 5.79. The SMILES string of the molecule is Cc1cnc(Cl)nc1Nc1cccc(NS(=O)(=O)C2CC2)c1. The quantitative estimate of drug-likeness (QED) is 0.818. The van der Waals surface area contributed by atoms with Gasteiger partial charge < -0.3 is 5.32 Å². The molecule has 2 N–H and O–H groups in total. The third-order valence-corrected chi connectivity index (χ3v) is 5.34. The van der Waals surface area contributed by atoms with Gasteiger partial charge in [-0.05, 0) is 49.6 Å². The molecular weight excluding hydrogens is 324 g/mol. The zero-order valence-electron chi connectivity index (χ0n) is 11.9. The van der Waals surface area contributed by atoms with Gasteiger partial charge in [-0.2, -0.15) is 0 Å². The lowest BCUT2D eigenvalue weighted by molar-refractivity contribution is 0.600. The molecule has 1 saturated carbocycles. The highest BCUT2D eigenvalue weighted by Gasteiger charge is 2.35. The third kappa shape index (κ3) is 3.48. The lowest BCUT2D eigenvalue weighted by Crippen LogP contribution is -2.17. The standard InChI is InChI=1S/C14H15ClN4O2S/c1-9-8-16-14(15)18-13(9)17-10-3-2-4-11(7-10)19-22(20,21)12-5-6-12/h2-4,7-8,12,19H,5-6H2,1H3,(H,16,17,18). The Morgan fingerprint density at radius 1 is 1.27 bits per heavy atom. The van der Waals surface area contributed by atoms with Crippen LogP contribution in [0, 0.1) is 6.92 Å². The van der Waals surface area contributed by atoms with Gasteiger partial charge in [-0.15, -0.1) is 0 Å². The number of hydrogen-bond acceptors (Lipinski definition) is 5. The molecule has 6 nitrogen and oxygen atoms in total. The smallest absolute Gasteiger partial charge is 0.235 e. The molecule has 0 bridgehead atoms. The van der Waals surface area contributed by atoms with Gasteiger partial charge in [-0.3, -0.25) is 4.72 Å². The van der Waals surface area contributed by atoms with Gasteiger partial charge in [0.15, 0.2) is 0 Å². The van der Waals surface area contributed by atoms with Crippen LogP contribution in [-0.2, 0) is 10.0 Å². The van der Waals surface area contributed by atoms with E-state index in [1.807, 2.05) is 13.0 Å². The van der Waals surface area contributed by atoms with Crippen LogP contribution < -0.4 is 10.0 Å². The Bertz CT molecular complexity index is 806. The van der Waals surface area contributed by atoms with Crippen molar-refractivity contribution in [1.29, 1.82) is 0 Å². The van der Waals surface area contributed by atoms with Crippen molar-refractivity contribution < 1.29 is 8.42 Å². The summed E-state index contributed by atoms with van der Waals surface area (Å²) in [4.78, 5) is 8.01. The van der Waals surface area contributed by atoms with Crippen molar-refractivity contribution in [2.24, 2.45) is 0 Å². The molecule has 0 aliphatic heterocycles. The molecule has 1 fully saturated rings. The van der Waals surface area contributed by atoms with Crippen LogP contribution in [0.15, 0.2) is 30.5 Å². The largest absolute Gasteiger partial charge is 0.340 e. The van der Waals surface area contributed by atoms with Gasteiger partial charge in [0.2, 0.25) is 15.3 Å². The van der Waals surface area contributed by atoms with E-state index in [0.29, 0.717) is 17.2 Å². The van der Waals surface area contributed by atoms with Gasteiger partial charge >= 0.3 is 0 Å². The summed E-state index contributed by atoms with van der Waals surface area (Å²) in [5.41, 5.74) is 2.08. The Labute approximate surface area is 134 Å². The van der Waals surface area contributed by atoms with E-state index in [1.165, 1.54) is 0 Å². The van der Waals surface area contributed by atoms with Gasteiger partial charge in [-0.25, -0.2) is 18.4 Å². The highest BCUT2D eigenvalue weighted by atomic mass is 35.5. The minimum absolute atomic E-state index is 0.152. The fourth-order valence-electron chi connectivity index (χ4n) is 1.97. The molecule has 2 aromatic rings. The highest BCUT2D eigenvalue weighted by molar-refractivity contribution is 7.93. The normalized spacial score (nSPS) is 14.6. The zero-order chi connectivity index (χ0) is 15.7. The number of benzene rings is 1. The number of aryl methyl sites for hydroxylation is 1. The van der Waals surface area contributed by atoms with Crippen molar-refractivity contribution in [3.05, 3.63) is 41.3 Å². The summed E-state index contributed by atoms with van der Waals surface area (Å²) in [6.45, 7) is 1.86. The van der Waals surface area contributed by atoms with E-state index in [2.05, 4.69) is 20.0 Å². The molecule has 1 aliphatic carbocycles. The predicted octanol–water partition coefficient (Wildman–Crippen LogP) is 3.09. The van der Waals surface area contributed by atoms with E-state index >= 15 is 0 Å². The van der Waals surface area contributed by atoms with Gasteiger partial charge in [0.1, 0.15) is 5.82 Å². The van der Waals surface area contributed by atoms with Crippen LogP contribution >= 0.6 is 11.6 Å². The van der Waals surface area contributed by atoms with E-state index < -0.39 is 10.0 Å². The number of nitrogens with zero attached hydrogens (tertiary/aromatic N) is 2. The molecule has 1 aromatic heterocycles. The maximum Gasteiger partial charge on any atom is 0.235 e. The summed E-state index contributed by atoms with van der Waals surface area (Å²) in [7, 11) is -3.27. The number of hydrogen-bond donors (Lipinski definition) is 2. The van der Waals surface area contributed by atoms with Gasteiger partial charge in [0.05, 0.1) is 10.9 Å². The molecule has 116 valence electrons. The van der Waals surface area contributed by atoms with E-state index in [0.717, 1.165) is 18.4 Å². The first kappa shape index (κ1) is 15.1. The molecule has 22 heavy (non-hydrogen) atoms.